The molecule has 2 aromatic rings. The molecular weight excluding hydrogens is 229 g/mol. The molecular formula is C14H16FN3. The minimum absolute atomic E-state index is 0.277. The molecule has 1 aromatic carbocycles. The lowest BCUT2D eigenvalue weighted by molar-refractivity contribution is 0.628. The maximum atomic E-state index is 13.3. The summed E-state index contributed by atoms with van der Waals surface area (Å²) < 4.78 is 13.3. The Morgan fingerprint density at radius 1 is 1.28 bits per heavy atom. The number of nitrogens with zero attached hydrogens (tertiary/aromatic N) is 2. The van der Waals surface area contributed by atoms with Gasteiger partial charge in [0.05, 0.1) is 5.69 Å². The number of anilines is 1. The monoisotopic (exact) mass is 245 g/mol. The molecule has 0 aliphatic carbocycles. The van der Waals surface area contributed by atoms with Crippen LogP contribution in [-0.4, -0.2) is 9.97 Å². The molecule has 0 unspecified atom stereocenters. The lowest BCUT2D eigenvalue weighted by Crippen LogP contribution is -2.05. The van der Waals surface area contributed by atoms with Crippen LogP contribution in [0.15, 0.2) is 24.3 Å². The average molecular weight is 245 g/mol. The second-order valence-corrected chi connectivity index (χ2v) is 4.26. The van der Waals surface area contributed by atoms with Crippen molar-refractivity contribution < 1.29 is 4.39 Å². The predicted molar refractivity (Wildman–Crippen MR) is 70.6 cm³/mol. The maximum absolute atomic E-state index is 13.3. The zero-order valence-corrected chi connectivity index (χ0v) is 10.6. The summed E-state index contributed by atoms with van der Waals surface area (Å²) in [5.41, 5.74) is 8.12. The van der Waals surface area contributed by atoms with E-state index in [1.807, 2.05) is 13.0 Å². The number of hydrogen-bond donors (Lipinski definition) is 1. The van der Waals surface area contributed by atoms with E-state index in [0.29, 0.717) is 17.3 Å². The molecule has 0 atom stereocenters. The number of benzene rings is 1. The molecule has 0 bridgehead atoms. The summed E-state index contributed by atoms with van der Waals surface area (Å²) >= 11 is 0. The summed E-state index contributed by atoms with van der Waals surface area (Å²) in [6.45, 7) is 3.91. The van der Waals surface area contributed by atoms with E-state index < -0.39 is 0 Å². The van der Waals surface area contributed by atoms with Crippen molar-refractivity contribution in [3.05, 3.63) is 41.5 Å². The van der Waals surface area contributed by atoms with Crippen LogP contribution in [0.5, 0.6) is 0 Å². The van der Waals surface area contributed by atoms with Crippen LogP contribution in [0.1, 0.15) is 24.7 Å². The van der Waals surface area contributed by atoms with Crippen LogP contribution >= 0.6 is 0 Å². The molecule has 0 amide bonds. The second-order valence-electron chi connectivity index (χ2n) is 4.26. The highest BCUT2D eigenvalue weighted by Gasteiger charge is 2.10. The smallest absolute Gasteiger partial charge is 0.131 e. The van der Waals surface area contributed by atoms with Crippen molar-refractivity contribution in [2.45, 2.75) is 26.7 Å². The van der Waals surface area contributed by atoms with Gasteiger partial charge in [-0.05, 0) is 25.5 Å². The highest BCUT2D eigenvalue weighted by Crippen LogP contribution is 2.25. The Bertz CT molecular complexity index is 567. The zero-order valence-electron chi connectivity index (χ0n) is 10.6. The minimum Gasteiger partial charge on any atom is -0.383 e. The molecule has 0 aliphatic rings. The quantitative estimate of drug-likeness (QED) is 0.903. The molecule has 18 heavy (non-hydrogen) atoms. The normalized spacial score (nSPS) is 10.6. The number of nitrogen functional groups attached to an aromatic ring is 1. The summed E-state index contributed by atoms with van der Waals surface area (Å²) in [4.78, 5) is 8.72. The Balaban J connectivity index is 2.55. The van der Waals surface area contributed by atoms with Crippen LogP contribution in [0.25, 0.3) is 11.3 Å². The van der Waals surface area contributed by atoms with Crippen molar-refractivity contribution in [3.63, 3.8) is 0 Å². The third-order valence-electron chi connectivity index (χ3n) is 2.80. The molecule has 1 heterocycles. The van der Waals surface area contributed by atoms with Crippen molar-refractivity contribution in [2.24, 2.45) is 0 Å². The van der Waals surface area contributed by atoms with Gasteiger partial charge in [0.2, 0.25) is 0 Å². The third-order valence-corrected chi connectivity index (χ3v) is 2.80. The van der Waals surface area contributed by atoms with Crippen LogP contribution in [0.4, 0.5) is 10.2 Å². The summed E-state index contributed by atoms with van der Waals surface area (Å²) in [6.07, 6.45) is 1.72. The van der Waals surface area contributed by atoms with E-state index in [0.717, 1.165) is 24.0 Å². The molecule has 0 saturated heterocycles. The van der Waals surface area contributed by atoms with Gasteiger partial charge in [-0.2, -0.15) is 0 Å². The van der Waals surface area contributed by atoms with E-state index in [1.54, 1.807) is 6.07 Å². The highest BCUT2D eigenvalue weighted by molar-refractivity contribution is 5.67. The lowest BCUT2D eigenvalue weighted by atomic mass is 10.1. The molecule has 0 fully saturated rings. The Morgan fingerprint density at radius 2 is 2.06 bits per heavy atom. The number of aromatic nitrogens is 2. The van der Waals surface area contributed by atoms with Gasteiger partial charge in [-0.25, -0.2) is 14.4 Å². The fourth-order valence-electron chi connectivity index (χ4n) is 1.83. The van der Waals surface area contributed by atoms with Crippen molar-refractivity contribution in [1.29, 1.82) is 0 Å². The summed E-state index contributed by atoms with van der Waals surface area (Å²) in [6, 6.07) is 6.37. The largest absolute Gasteiger partial charge is 0.383 e. The number of nitrogens with two attached hydrogens (primary N) is 1. The van der Waals surface area contributed by atoms with Gasteiger partial charge in [0.1, 0.15) is 17.5 Å². The average Bonchev–Trinajstić information content (AvgIpc) is 2.34. The van der Waals surface area contributed by atoms with Gasteiger partial charge >= 0.3 is 0 Å². The van der Waals surface area contributed by atoms with Gasteiger partial charge in [0.15, 0.2) is 0 Å². The van der Waals surface area contributed by atoms with Crippen LogP contribution in [0, 0.1) is 12.7 Å². The van der Waals surface area contributed by atoms with Crippen molar-refractivity contribution in [3.8, 4) is 11.3 Å². The van der Waals surface area contributed by atoms with Crippen molar-refractivity contribution >= 4 is 5.82 Å². The molecule has 0 aliphatic heterocycles. The van der Waals surface area contributed by atoms with Gasteiger partial charge in [-0.1, -0.05) is 19.1 Å². The molecule has 1 aromatic heterocycles. The fraction of sp³-hybridized carbons (Fsp3) is 0.286. The molecule has 0 spiro atoms. The van der Waals surface area contributed by atoms with Crippen LogP contribution in [-0.2, 0) is 6.42 Å². The Kier molecular flexibility index (Phi) is 3.55. The third kappa shape index (κ3) is 2.47. The van der Waals surface area contributed by atoms with Gasteiger partial charge in [0, 0.05) is 17.5 Å². The van der Waals surface area contributed by atoms with E-state index in [-0.39, 0.29) is 5.82 Å². The first kappa shape index (κ1) is 12.5. The van der Waals surface area contributed by atoms with Gasteiger partial charge in [-0.3, -0.25) is 0 Å². The lowest BCUT2D eigenvalue weighted by Gasteiger charge is -2.10. The topological polar surface area (TPSA) is 51.8 Å². The van der Waals surface area contributed by atoms with E-state index >= 15 is 0 Å². The van der Waals surface area contributed by atoms with Gasteiger partial charge in [-0.15, -0.1) is 0 Å². The summed E-state index contributed by atoms with van der Waals surface area (Å²) in [7, 11) is 0. The second kappa shape index (κ2) is 5.12. The Labute approximate surface area is 106 Å². The number of halogens is 1. The maximum Gasteiger partial charge on any atom is 0.131 e. The van der Waals surface area contributed by atoms with Crippen LogP contribution in [0.3, 0.4) is 0 Å². The standard InChI is InChI=1S/C14H16FN3/c1-3-5-12-17-13(9(2)14(16)18-12)10-6-4-7-11(15)8-10/h4,6-8H,3,5H2,1-2H3,(H2,16,17,18). The SMILES string of the molecule is CCCc1nc(N)c(C)c(-c2cccc(F)c2)n1. The van der Waals surface area contributed by atoms with Gasteiger partial charge < -0.3 is 5.73 Å². The Morgan fingerprint density at radius 3 is 2.72 bits per heavy atom. The minimum atomic E-state index is -0.277. The van der Waals surface area contributed by atoms with Crippen LogP contribution in [0.2, 0.25) is 0 Å². The summed E-state index contributed by atoms with van der Waals surface area (Å²) in [5, 5.41) is 0. The van der Waals surface area contributed by atoms with E-state index in [4.69, 9.17) is 5.73 Å². The molecule has 4 heteroatoms. The number of hydrogen-bond acceptors (Lipinski definition) is 3. The first-order valence-corrected chi connectivity index (χ1v) is 6.00. The predicted octanol–water partition coefficient (Wildman–Crippen LogP) is 3.13. The highest BCUT2D eigenvalue weighted by atomic mass is 19.1. The molecule has 2 N–H and O–H groups in total. The van der Waals surface area contributed by atoms with E-state index in [9.17, 15) is 4.39 Å². The number of rotatable bonds is 3. The molecule has 2 rings (SSSR count). The fourth-order valence-corrected chi connectivity index (χ4v) is 1.83. The van der Waals surface area contributed by atoms with E-state index in [1.165, 1.54) is 12.1 Å². The molecule has 0 radical (unpaired) electrons. The Hall–Kier alpha value is -1.97. The molecule has 3 nitrogen and oxygen atoms in total. The molecule has 94 valence electrons. The van der Waals surface area contributed by atoms with Gasteiger partial charge in [0.25, 0.3) is 0 Å². The number of aryl methyl sites for hydroxylation is 1. The van der Waals surface area contributed by atoms with Crippen molar-refractivity contribution in [2.75, 3.05) is 5.73 Å². The zero-order chi connectivity index (χ0) is 13.1. The summed E-state index contributed by atoms with van der Waals surface area (Å²) in [5.74, 6) is 0.897. The van der Waals surface area contributed by atoms with Crippen LogP contribution < -0.4 is 5.73 Å². The first-order valence-electron chi connectivity index (χ1n) is 6.00. The van der Waals surface area contributed by atoms with Crippen molar-refractivity contribution in [1.82, 2.24) is 9.97 Å². The van der Waals surface area contributed by atoms with E-state index in [2.05, 4.69) is 16.9 Å². The molecule has 0 saturated carbocycles. The first-order chi connectivity index (χ1) is 8.61.